The Hall–Kier alpha value is -0.460. The van der Waals surface area contributed by atoms with E-state index in [1.54, 1.807) is 0 Å². The second-order valence-corrected chi connectivity index (χ2v) is 6.63. The maximum absolute atomic E-state index is 11.9. The predicted molar refractivity (Wildman–Crippen MR) is 62.0 cm³/mol. The minimum absolute atomic E-state index is 0.127. The maximum Gasteiger partial charge on any atom is 0.321 e. The SMILES string of the molecule is CN1CCOC(CS(=O)C(C)(C)C(=O)O)C1. The molecule has 0 spiro atoms. The summed E-state index contributed by atoms with van der Waals surface area (Å²) in [5, 5.41) is 8.95. The maximum atomic E-state index is 11.9. The van der Waals surface area contributed by atoms with Gasteiger partial charge in [-0.3, -0.25) is 9.00 Å². The van der Waals surface area contributed by atoms with Crippen LogP contribution in [0.2, 0.25) is 0 Å². The number of morpholine rings is 1. The number of carboxylic acid groups (broad SMARTS) is 1. The molecule has 1 N–H and O–H groups in total. The third kappa shape index (κ3) is 3.26. The molecule has 1 fully saturated rings. The van der Waals surface area contributed by atoms with Gasteiger partial charge < -0.3 is 14.7 Å². The summed E-state index contributed by atoms with van der Waals surface area (Å²) in [6.45, 7) is 5.16. The van der Waals surface area contributed by atoms with Crippen LogP contribution in [-0.2, 0) is 20.3 Å². The molecular formula is C10H19NO4S. The summed E-state index contributed by atoms with van der Waals surface area (Å²) in [6.07, 6.45) is -0.127. The summed E-state index contributed by atoms with van der Waals surface area (Å²) in [7, 11) is 0.549. The quantitative estimate of drug-likeness (QED) is 0.755. The zero-order valence-electron chi connectivity index (χ0n) is 9.93. The van der Waals surface area contributed by atoms with Gasteiger partial charge in [0.25, 0.3) is 0 Å². The van der Waals surface area contributed by atoms with Crippen molar-refractivity contribution in [3.8, 4) is 0 Å². The molecule has 0 aliphatic carbocycles. The molecular weight excluding hydrogens is 230 g/mol. The van der Waals surface area contributed by atoms with Crippen LogP contribution in [0.15, 0.2) is 0 Å². The van der Waals surface area contributed by atoms with E-state index < -0.39 is 21.5 Å². The summed E-state index contributed by atoms with van der Waals surface area (Å²) in [5.41, 5.74) is 0. The van der Waals surface area contributed by atoms with Gasteiger partial charge in [-0.15, -0.1) is 0 Å². The van der Waals surface area contributed by atoms with Crippen molar-refractivity contribution < 1.29 is 18.8 Å². The number of ether oxygens (including phenoxy) is 1. The molecule has 1 rings (SSSR count). The molecule has 2 unspecified atom stereocenters. The Morgan fingerprint density at radius 3 is 2.75 bits per heavy atom. The Morgan fingerprint density at radius 2 is 2.25 bits per heavy atom. The zero-order valence-corrected chi connectivity index (χ0v) is 10.7. The monoisotopic (exact) mass is 249 g/mol. The minimum Gasteiger partial charge on any atom is -0.480 e. The van der Waals surface area contributed by atoms with Crippen LogP contribution in [0.1, 0.15) is 13.8 Å². The molecule has 5 nitrogen and oxygen atoms in total. The lowest BCUT2D eigenvalue weighted by Crippen LogP contribution is -2.46. The molecule has 94 valence electrons. The lowest BCUT2D eigenvalue weighted by atomic mass is 10.2. The Labute approximate surface area is 98.2 Å². The summed E-state index contributed by atoms with van der Waals surface area (Å²) in [6, 6.07) is 0. The van der Waals surface area contributed by atoms with Crippen LogP contribution in [0.3, 0.4) is 0 Å². The van der Waals surface area contributed by atoms with Gasteiger partial charge in [0.15, 0.2) is 0 Å². The lowest BCUT2D eigenvalue weighted by molar-refractivity contribution is -0.139. The first kappa shape index (κ1) is 13.6. The van der Waals surface area contributed by atoms with Gasteiger partial charge in [0.2, 0.25) is 0 Å². The lowest BCUT2D eigenvalue weighted by Gasteiger charge is -2.31. The van der Waals surface area contributed by atoms with E-state index in [1.807, 2.05) is 7.05 Å². The number of hydrogen-bond acceptors (Lipinski definition) is 4. The smallest absolute Gasteiger partial charge is 0.321 e. The van der Waals surface area contributed by atoms with Gasteiger partial charge in [-0.2, -0.15) is 0 Å². The Kier molecular flexibility index (Phi) is 4.46. The Bertz CT molecular complexity index is 293. The van der Waals surface area contributed by atoms with Crippen LogP contribution in [0.25, 0.3) is 0 Å². The van der Waals surface area contributed by atoms with Crippen LogP contribution in [0, 0.1) is 0 Å². The summed E-state index contributed by atoms with van der Waals surface area (Å²) < 4.78 is 16.2. The largest absolute Gasteiger partial charge is 0.480 e. The summed E-state index contributed by atoms with van der Waals surface area (Å²) in [5.74, 6) is -0.751. The molecule has 1 aliphatic heterocycles. The Balaban J connectivity index is 2.54. The molecule has 1 saturated heterocycles. The number of aliphatic carboxylic acids is 1. The van der Waals surface area contributed by atoms with Crippen molar-refractivity contribution in [3.05, 3.63) is 0 Å². The van der Waals surface area contributed by atoms with Crippen molar-refractivity contribution in [1.29, 1.82) is 0 Å². The molecule has 0 amide bonds. The molecule has 0 aromatic heterocycles. The van der Waals surface area contributed by atoms with E-state index in [9.17, 15) is 9.00 Å². The van der Waals surface area contributed by atoms with E-state index in [1.165, 1.54) is 13.8 Å². The molecule has 2 atom stereocenters. The number of carbonyl (C=O) groups is 1. The van der Waals surface area contributed by atoms with Crippen LogP contribution < -0.4 is 0 Å². The highest BCUT2D eigenvalue weighted by molar-refractivity contribution is 7.87. The molecule has 1 heterocycles. The van der Waals surface area contributed by atoms with Crippen molar-refractivity contribution >= 4 is 16.8 Å². The highest BCUT2D eigenvalue weighted by atomic mass is 32.2. The number of rotatable bonds is 4. The van der Waals surface area contributed by atoms with Crippen molar-refractivity contribution in [2.75, 3.05) is 32.5 Å². The van der Waals surface area contributed by atoms with Crippen molar-refractivity contribution in [3.63, 3.8) is 0 Å². The molecule has 0 bridgehead atoms. The highest BCUT2D eigenvalue weighted by Gasteiger charge is 2.36. The van der Waals surface area contributed by atoms with E-state index in [4.69, 9.17) is 9.84 Å². The van der Waals surface area contributed by atoms with E-state index in [0.29, 0.717) is 13.2 Å². The molecule has 1 aliphatic rings. The van der Waals surface area contributed by atoms with Gasteiger partial charge in [0, 0.05) is 23.9 Å². The first-order valence-electron chi connectivity index (χ1n) is 5.26. The number of nitrogens with zero attached hydrogens (tertiary/aromatic N) is 1. The summed E-state index contributed by atoms with van der Waals surface area (Å²) in [4.78, 5) is 13.0. The molecule has 0 aromatic carbocycles. The van der Waals surface area contributed by atoms with E-state index in [2.05, 4.69) is 4.90 Å². The van der Waals surface area contributed by atoms with E-state index in [0.717, 1.165) is 6.54 Å². The standard InChI is InChI=1S/C10H19NO4S/c1-10(2,9(12)13)16(14)7-8-6-11(3)4-5-15-8/h8H,4-7H2,1-3H3,(H,12,13). The minimum atomic E-state index is -1.42. The fraction of sp³-hybridized carbons (Fsp3) is 0.900. The van der Waals surface area contributed by atoms with Crippen LogP contribution in [0.5, 0.6) is 0 Å². The molecule has 0 saturated carbocycles. The first-order chi connectivity index (χ1) is 7.34. The molecule has 6 heteroatoms. The van der Waals surface area contributed by atoms with Gasteiger partial charge in [-0.1, -0.05) is 0 Å². The van der Waals surface area contributed by atoms with Crippen LogP contribution in [0.4, 0.5) is 0 Å². The van der Waals surface area contributed by atoms with Gasteiger partial charge in [0.1, 0.15) is 4.75 Å². The highest BCUT2D eigenvalue weighted by Crippen LogP contribution is 2.16. The zero-order chi connectivity index (χ0) is 12.3. The van der Waals surface area contributed by atoms with Crippen molar-refractivity contribution in [1.82, 2.24) is 4.90 Å². The average molecular weight is 249 g/mol. The van der Waals surface area contributed by atoms with E-state index >= 15 is 0 Å². The predicted octanol–water partition coefficient (Wildman–Crippen LogP) is -0.0711. The van der Waals surface area contributed by atoms with Gasteiger partial charge in [0.05, 0.1) is 18.5 Å². The van der Waals surface area contributed by atoms with Crippen molar-refractivity contribution in [2.24, 2.45) is 0 Å². The van der Waals surface area contributed by atoms with Crippen molar-refractivity contribution in [2.45, 2.75) is 24.7 Å². The Morgan fingerprint density at radius 1 is 1.62 bits per heavy atom. The summed E-state index contributed by atoms with van der Waals surface area (Å²) >= 11 is 0. The third-order valence-electron chi connectivity index (χ3n) is 2.76. The normalized spacial score (nSPS) is 25.3. The number of likely N-dealkylation sites (N-methyl/N-ethyl adjacent to an activating group) is 1. The van der Waals surface area contributed by atoms with E-state index in [-0.39, 0.29) is 11.9 Å². The second-order valence-electron chi connectivity index (χ2n) is 4.58. The molecule has 0 radical (unpaired) electrons. The van der Waals surface area contributed by atoms with Gasteiger partial charge in [-0.25, -0.2) is 0 Å². The topological polar surface area (TPSA) is 66.8 Å². The fourth-order valence-corrected chi connectivity index (χ4v) is 2.59. The number of carboxylic acids is 1. The number of hydrogen-bond donors (Lipinski definition) is 1. The average Bonchev–Trinajstić information content (AvgIpc) is 2.17. The molecule has 16 heavy (non-hydrogen) atoms. The molecule has 0 aromatic rings. The van der Waals surface area contributed by atoms with Gasteiger partial charge in [-0.05, 0) is 20.9 Å². The van der Waals surface area contributed by atoms with Crippen LogP contribution in [-0.4, -0.2) is 63.5 Å². The fourth-order valence-electron chi connectivity index (χ4n) is 1.44. The first-order valence-corrected chi connectivity index (χ1v) is 6.58. The third-order valence-corrected chi connectivity index (χ3v) is 4.75. The van der Waals surface area contributed by atoms with Crippen LogP contribution >= 0.6 is 0 Å². The van der Waals surface area contributed by atoms with Gasteiger partial charge >= 0.3 is 5.97 Å². The second kappa shape index (κ2) is 5.25.